The van der Waals surface area contributed by atoms with Crippen molar-refractivity contribution in [1.29, 1.82) is 0 Å². The fourth-order valence-corrected chi connectivity index (χ4v) is 3.77. The molecule has 0 aromatic carbocycles. The number of aliphatic hydroxyl groups is 1. The van der Waals surface area contributed by atoms with E-state index in [4.69, 9.17) is 0 Å². The third-order valence-electron chi connectivity index (χ3n) is 4.69. The normalized spacial score (nSPS) is 32.6. The minimum atomic E-state index is -0.0913. The van der Waals surface area contributed by atoms with Crippen molar-refractivity contribution < 1.29 is 5.11 Å². The lowest BCUT2D eigenvalue weighted by Gasteiger charge is -2.37. The lowest BCUT2D eigenvalue weighted by molar-refractivity contribution is 0.0201. The summed E-state index contributed by atoms with van der Waals surface area (Å²) in [5, 5.41) is 10.3. The molecule has 19 heavy (non-hydrogen) atoms. The van der Waals surface area contributed by atoms with E-state index in [1.165, 1.54) is 37.7 Å². The summed E-state index contributed by atoms with van der Waals surface area (Å²) < 4.78 is 0. The number of hydrogen-bond donors (Lipinski definition) is 1. The van der Waals surface area contributed by atoms with Crippen LogP contribution in [0.25, 0.3) is 0 Å². The van der Waals surface area contributed by atoms with E-state index in [9.17, 15) is 5.11 Å². The van der Waals surface area contributed by atoms with E-state index < -0.39 is 0 Å². The second-order valence-electron chi connectivity index (χ2n) is 5.94. The summed E-state index contributed by atoms with van der Waals surface area (Å²) in [6.45, 7) is 2.07. The average Bonchev–Trinajstić information content (AvgIpc) is 2.88. The number of aliphatic hydroxyl groups excluding tert-OH is 1. The molecule has 1 saturated carbocycles. The van der Waals surface area contributed by atoms with Gasteiger partial charge in [0.1, 0.15) is 6.33 Å². The van der Waals surface area contributed by atoms with Gasteiger partial charge in [0.2, 0.25) is 0 Å². The van der Waals surface area contributed by atoms with Crippen LogP contribution < -0.4 is 0 Å². The summed E-state index contributed by atoms with van der Waals surface area (Å²) in [7, 11) is 0. The van der Waals surface area contributed by atoms with Gasteiger partial charge in [-0.3, -0.25) is 4.90 Å². The van der Waals surface area contributed by atoms with Crippen molar-refractivity contribution in [2.75, 3.05) is 6.54 Å². The molecule has 1 aromatic rings. The summed E-state index contributed by atoms with van der Waals surface area (Å²) in [5.74, 6) is 0.473. The molecule has 0 amide bonds. The van der Waals surface area contributed by atoms with Crippen LogP contribution in [0.2, 0.25) is 0 Å². The Kier molecular flexibility index (Phi) is 4.09. The van der Waals surface area contributed by atoms with Crippen molar-refractivity contribution in [3.8, 4) is 0 Å². The van der Waals surface area contributed by atoms with Gasteiger partial charge in [0.15, 0.2) is 0 Å². The van der Waals surface area contributed by atoms with Crippen LogP contribution in [0.3, 0.4) is 0 Å². The predicted molar refractivity (Wildman–Crippen MR) is 73.4 cm³/mol. The van der Waals surface area contributed by atoms with E-state index in [1.54, 1.807) is 6.33 Å². The highest BCUT2D eigenvalue weighted by Gasteiger charge is 2.36. The zero-order valence-corrected chi connectivity index (χ0v) is 11.4. The maximum atomic E-state index is 10.3. The molecule has 2 fully saturated rings. The maximum absolute atomic E-state index is 10.3. The van der Waals surface area contributed by atoms with Crippen LogP contribution in [-0.2, 0) is 6.54 Å². The fourth-order valence-electron chi connectivity index (χ4n) is 3.77. The molecule has 1 saturated heterocycles. The van der Waals surface area contributed by atoms with Gasteiger partial charge in [0, 0.05) is 36.5 Å². The summed E-state index contributed by atoms with van der Waals surface area (Å²) in [4.78, 5) is 10.7. The first kappa shape index (κ1) is 13.0. The molecule has 0 bridgehead atoms. The summed E-state index contributed by atoms with van der Waals surface area (Å²) in [6, 6.07) is 0.551. The van der Waals surface area contributed by atoms with Gasteiger partial charge in [-0.25, -0.2) is 9.97 Å². The minimum Gasteiger partial charge on any atom is -0.393 e. The summed E-state index contributed by atoms with van der Waals surface area (Å²) >= 11 is 0. The number of likely N-dealkylation sites (tertiary alicyclic amines) is 1. The highest BCUT2D eigenvalue weighted by Crippen LogP contribution is 2.35. The first-order valence-electron chi connectivity index (χ1n) is 7.50. The lowest BCUT2D eigenvalue weighted by Crippen LogP contribution is -2.42. The van der Waals surface area contributed by atoms with Gasteiger partial charge in [-0.05, 0) is 32.2 Å². The van der Waals surface area contributed by atoms with E-state index in [0.717, 1.165) is 19.5 Å². The molecule has 4 heteroatoms. The molecule has 104 valence electrons. The average molecular weight is 261 g/mol. The Morgan fingerprint density at radius 1 is 1.11 bits per heavy atom. The largest absolute Gasteiger partial charge is 0.393 e. The van der Waals surface area contributed by atoms with Crippen molar-refractivity contribution in [2.24, 2.45) is 5.92 Å². The quantitative estimate of drug-likeness (QED) is 0.904. The lowest BCUT2D eigenvalue weighted by atomic mass is 9.80. The molecular weight excluding hydrogens is 238 g/mol. The SMILES string of the molecule is OC1CCCCC1C1CCCN1Cc1cncnc1. The van der Waals surface area contributed by atoms with Crippen LogP contribution in [-0.4, -0.2) is 38.7 Å². The standard InChI is InChI=1S/C15H23N3O/c19-15-6-2-1-4-13(15)14-5-3-7-18(14)10-12-8-16-11-17-9-12/h8-9,11,13-15,19H,1-7,10H2. The first-order valence-corrected chi connectivity index (χ1v) is 7.50. The predicted octanol–water partition coefficient (Wildman–Crippen LogP) is 1.99. The molecule has 0 radical (unpaired) electrons. The Balaban J connectivity index is 1.67. The molecule has 1 aliphatic carbocycles. The maximum Gasteiger partial charge on any atom is 0.115 e. The van der Waals surface area contributed by atoms with Gasteiger partial charge in [0.05, 0.1) is 6.10 Å². The smallest absolute Gasteiger partial charge is 0.115 e. The van der Waals surface area contributed by atoms with Gasteiger partial charge in [-0.15, -0.1) is 0 Å². The number of aromatic nitrogens is 2. The molecular formula is C15H23N3O. The molecule has 1 aliphatic heterocycles. The fraction of sp³-hybridized carbons (Fsp3) is 0.733. The summed E-state index contributed by atoms with van der Waals surface area (Å²) in [5.41, 5.74) is 1.18. The highest BCUT2D eigenvalue weighted by atomic mass is 16.3. The first-order chi connectivity index (χ1) is 9.34. The van der Waals surface area contributed by atoms with Crippen molar-refractivity contribution in [3.63, 3.8) is 0 Å². The van der Waals surface area contributed by atoms with E-state index in [1.807, 2.05) is 12.4 Å². The van der Waals surface area contributed by atoms with Gasteiger partial charge in [-0.1, -0.05) is 12.8 Å². The van der Waals surface area contributed by atoms with E-state index in [2.05, 4.69) is 14.9 Å². The van der Waals surface area contributed by atoms with Crippen LogP contribution >= 0.6 is 0 Å². The van der Waals surface area contributed by atoms with Gasteiger partial charge >= 0.3 is 0 Å². The topological polar surface area (TPSA) is 49.2 Å². The Labute approximate surface area is 114 Å². The Morgan fingerprint density at radius 2 is 1.89 bits per heavy atom. The zero-order chi connectivity index (χ0) is 13.1. The number of hydrogen-bond acceptors (Lipinski definition) is 4. The Morgan fingerprint density at radius 3 is 2.68 bits per heavy atom. The zero-order valence-electron chi connectivity index (χ0n) is 11.4. The molecule has 0 spiro atoms. The van der Waals surface area contributed by atoms with Crippen molar-refractivity contribution in [2.45, 2.75) is 57.2 Å². The van der Waals surface area contributed by atoms with Crippen LogP contribution in [0.4, 0.5) is 0 Å². The molecule has 2 heterocycles. The van der Waals surface area contributed by atoms with Gasteiger partial charge in [-0.2, -0.15) is 0 Å². The second-order valence-corrected chi connectivity index (χ2v) is 5.94. The molecule has 3 atom stereocenters. The van der Waals surface area contributed by atoms with Gasteiger partial charge in [0.25, 0.3) is 0 Å². The van der Waals surface area contributed by atoms with Crippen LogP contribution in [0.1, 0.15) is 44.1 Å². The molecule has 3 unspecified atom stereocenters. The van der Waals surface area contributed by atoms with E-state index in [0.29, 0.717) is 12.0 Å². The third kappa shape index (κ3) is 2.95. The highest BCUT2D eigenvalue weighted by molar-refractivity contribution is 5.04. The molecule has 1 aromatic heterocycles. The van der Waals surface area contributed by atoms with E-state index in [-0.39, 0.29) is 6.10 Å². The van der Waals surface area contributed by atoms with Crippen LogP contribution in [0.5, 0.6) is 0 Å². The number of nitrogens with zero attached hydrogens (tertiary/aromatic N) is 3. The third-order valence-corrected chi connectivity index (χ3v) is 4.69. The van der Waals surface area contributed by atoms with Crippen molar-refractivity contribution >= 4 is 0 Å². The van der Waals surface area contributed by atoms with Crippen LogP contribution in [0.15, 0.2) is 18.7 Å². The molecule has 1 N–H and O–H groups in total. The number of rotatable bonds is 3. The minimum absolute atomic E-state index is 0.0913. The van der Waals surface area contributed by atoms with Crippen molar-refractivity contribution in [3.05, 3.63) is 24.3 Å². The molecule has 2 aliphatic rings. The second kappa shape index (κ2) is 5.97. The van der Waals surface area contributed by atoms with Crippen molar-refractivity contribution in [1.82, 2.24) is 14.9 Å². The monoisotopic (exact) mass is 261 g/mol. The van der Waals surface area contributed by atoms with E-state index >= 15 is 0 Å². The van der Waals surface area contributed by atoms with Crippen LogP contribution in [0, 0.1) is 5.92 Å². The Bertz CT molecular complexity index is 398. The molecule has 4 nitrogen and oxygen atoms in total. The summed E-state index contributed by atoms with van der Waals surface area (Å²) in [6.07, 6.45) is 12.4. The van der Waals surface area contributed by atoms with Gasteiger partial charge < -0.3 is 5.11 Å². The Hall–Kier alpha value is -1.00. The molecule has 3 rings (SSSR count).